The van der Waals surface area contributed by atoms with Crippen LogP contribution >= 0.6 is 0 Å². The molecule has 0 spiro atoms. The highest BCUT2D eigenvalue weighted by Gasteiger charge is 2.24. The number of primary amides is 1. The van der Waals surface area contributed by atoms with Crippen molar-refractivity contribution in [3.63, 3.8) is 0 Å². The fourth-order valence-electron chi connectivity index (χ4n) is 3.50. The molecule has 1 aromatic carbocycles. The number of nitrogens with zero attached hydrogens (tertiary/aromatic N) is 2. The number of aromatic nitrogens is 2. The van der Waals surface area contributed by atoms with Gasteiger partial charge in [0, 0.05) is 6.54 Å². The molecule has 2 heterocycles. The summed E-state index contributed by atoms with van der Waals surface area (Å²) in [6.45, 7) is 0.848. The van der Waals surface area contributed by atoms with Crippen molar-refractivity contribution in [2.45, 2.75) is 32.1 Å². The molecule has 1 amide bonds. The molecule has 0 bridgehead atoms. The fraction of sp³-hybridized carbons (Fsp3) is 0.300. The second-order valence-corrected chi connectivity index (χ2v) is 6.58. The number of rotatable bonds is 4. The highest BCUT2D eigenvalue weighted by molar-refractivity contribution is 5.98. The third kappa shape index (κ3) is 3.09. The Labute approximate surface area is 147 Å². The first kappa shape index (κ1) is 15.7. The highest BCUT2D eigenvalue weighted by atomic mass is 16.1. The first-order valence-corrected chi connectivity index (χ1v) is 8.83. The van der Waals surface area contributed by atoms with Gasteiger partial charge in [-0.1, -0.05) is 30.4 Å². The molecule has 1 aliphatic heterocycles. The number of allylic oxidation sites excluding steroid dienone is 4. The molecule has 0 atom stereocenters. The molecule has 2 aromatic rings. The van der Waals surface area contributed by atoms with E-state index < -0.39 is 5.91 Å². The molecule has 3 N–H and O–H groups in total. The highest BCUT2D eigenvalue weighted by Crippen LogP contribution is 2.28. The number of anilines is 1. The summed E-state index contributed by atoms with van der Waals surface area (Å²) in [7, 11) is 0. The topological polar surface area (TPSA) is 72.9 Å². The SMILES string of the molecule is NC(=O)c1c2c(nn1-c1ccc(CC3=CCCC=C3)cc1)CCCN2. The lowest BCUT2D eigenvalue weighted by Gasteiger charge is -2.13. The predicted molar refractivity (Wildman–Crippen MR) is 99.1 cm³/mol. The van der Waals surface area contributed by atoms with E-state index in [0.717, 1.165) is 55.7 Å². The Bertz CT molecular complexity index is 859. The van der Waals surface area contributed by atoms with Gasteiger partial charge < -0.3 is 11.1 Å². The maximum absolute atomic E-state index is 12.0. The van der Waals surface area contributed by atoms with E-state index in [4.69, 9.17) is 5.73 Å². The Kier molecular flexibility index (Phi) is 4.14. The van der Waals surface area contributed by atoms with Crippen LogP contribution < -0.4 is 11.1 Å². The summed E-state index contributed by atoms with van der Waals surface area (Å²) in [6.07, 6.45) is 11.8. The van der Waals surface area contributed by atoms with Crippen molar-refractivity contribution < 1.29 is 4.79 Å². The van der Waals surface area contributed by atoms with Crippen molar-refractivity contribution >= 4 is 11.6 Å². The Morgan fingerprint density at radius 3 is 2.80 bits per heavy atom. The molecular formula is C20H22N4O. The van der Waals surface area contributed by atoms with Gasteiger partial charge in [0.25, 0.3) is 5.91 Å². The number of benzene rings is 1. The summed E-state index contributed by atoms with van der Waals surface area (Å²) >= 11 is 0. The number of nitrogens with one attached hydrogen (secondary N) is 1. The minimum Gasteiger partial charge on any atom is -0.382 e. The minimum atomic E-state index is -0.454. The van der Waals surface area contributed by atoms with Crippen LogP contribution in [0.4, 0.5) is 5.69 Å². The minimum absolute atomic E-state index is 0.445. The van der Waals surface area contributed by atoms with Crippen LogP contribution in [0.5, 0.6) is 0 Å². The molecule has 4 rings (SSSR count). The number of amides is 1. The van der Waals surface area contributed by atoms with Crippen molar-refractivity contribution in [1.82, 2.24) is 9.78 Å². The van der Waals surface area contributed by atoms with Gasteiger partial charge in [-0.05, 0) is 55.4 Å². The number of fused-ring (bicyclic) bond motifs is 1. The van der Waals surface area contributed by atoms with Gasteiger partial charge in [0.1, 0.15) is 0 Å². The quantitative estimate of drug-likeness (QED) is 0.902. The van der Waals surface area contributed by atoms with Gasteiger partial charge >= 0.3 is 0 Å². The van der Waals surface area contributed by atoms with E-state index in [2.05, 4.69) is 40.8 Å². The van der Waals surface area contributed by atoms with Crippen molar-refractivity contribution in [2.24, 2.45) is 5.73 Å². The molecule has 0 fully saturated rings. The average Bonchev–Trinajstić information content (AvgIpc) is 3.03. The van der Waals surface area contributed by atoms with Crippen molar-refractivity contribution in [3.05, 3.63) is 65.0 Å². The zero-order valence-corrected chi connectivity index (χ0v) is 14.2. The van der Waals surface area contributed by atoms with Gasteiger partial charge in [-0.3, -0.25) is 4.79 Å². The van der Waals surface area contributed by atoms with Gasteiger partial charge in [-0.2, -0.15) is 5.10 Å². The van der Waals surface area contributed by atoms with Crippen LogP contribution in [0.3, 0.4) is 0 Å². The second-order valence-electron chi connectivity index (χ2n) is 6.58. The molecule has 0 unspecified atom stereocenters. The average molecular weight is 334 g/mol. The largest absolute Gasteiger partial charge is 0.382 e. The Morgan fingerprint density at radius 1 is 1.24 bits per heavy atom. The molecule has 128 valence electrons. The lowest BCUT2D eigenvalue weighted by molar-refractivity contribution is 0.0993. The molecule has 1 aromatic heterocycles. The van der Waals surface area contributed by atoms with Crippen LogP contribution in [0.2, 0.25) is 0 Å². The van der Waals surface area contributed by atoms with Gasteiger partial charge in [0.15, 0.2) is 5.69 Å². The molecule has 2 aliphatic rings. The van der Waals surface area contributed by atoms with Crippen LogP contribution in [0.15, 0.2) is 48.1 Å². The Morgan fingerprint density at radius 2 is 2.08 bits per heavy atom. The summed E-state index contributed by atoms with van der Waals surface area (Å²) in [5.41, 5.74) is 11.2. The van der Waals surface area contributed by atoms with Crippen molar-refractivity contribution in [2.75, 3.05) is 11.9 Å². The molecule has 0 saturated carbocycles. The molecular weight excluding hydrogens is 312 g/mol. The zero-order valence-electron chi connectivity index (χ0n) is 14.2. The van der Waals surface area contributed by atoms with E-state index in [0.29, 0.717) is 5.69 Å². The predicted octanol–water partition coefficient (Wildman–Crippen LogP) is 3.15. The van der Waals surface area contributed by atoms with Gasteiger partial charge in [0.2, 0.25) is 0 Å². The molecule has 5 heteroatoms. The van der Waals surface area contributed by atoms with Crippen LogP contribution in [0, 0.1) is 0 Å². The van der Waals surface area contributed by atoms with E-state index in [1.54, 1.807) is 4.68 Å². The van der Waals surface area contributed by atoms with E-state index in [9.17, 15) is 4.79 Å². The van der Waals surface area contributed by atoms with E-state index in [1.807, 2.05) is 12.1 Å². The summed E-state index contributed by atoms with van der Waals surface area (Å²) in [5, 5.41) is 7.89. The molecule has 25 heavy (non-hydrogen) atoms. The normalized spacial score (nSPS) is 16.1. The third-order valence-corrected chi connectivity index (χ3v) is 4.74. The standard InChI is InChI=1S/C20H22N4O/c21-20(25)19-18-17(7-4-12-22-18)23-24(19)16-10-8-15(9-11-16)13-14-5-2-1-3-6-14/h2,5-6,8-11,22H,1,3-4,7,12-13H2,(H2,21,25). The van der Waals surface area contributed by atoms with Gasteiger partial charge in [0.05, 0.1) is 17.1 Å². The van der Waals surface area contributed by atoms with E-state index in [-0.39, 0.29) is 0 Å². The number of aryl methyl sites for hydroxylation is 1. The van der Waals surface area contributed by atoms with E-state index in [1.165, 1.54) is 11.1 Å². The Hall–Kier alpha value is -2.82. The molecule has 1 aliphatic carbocycles. The zero-order chi connectivity index (χ0) is 17.2. The van der Waals surface area contributed by atoms with Crippen LogP contribution in [-0.2, 0) is 12.8 Å². The van der Waals surface area contributed by atoms with Gasteiger partial charge in [-0.15, -0.1) is 0 Å². The number of carbonyl (C=O) groups is 1. The molecule has 0 radical (unpaired) electrons. The lowest BCUT2D eigenvalue weighted by Crippen LogP contribution is -2.20. The third-order valence-electron chi connectivity index (χ3n) is 4.74. The summed E-state index contributed by atoms with van der Waals surface area (Å²) in [6, 6.07) is 8.20. The fourth-order valence-corrected chi connectivity index (χ4v) is 3.50. The maximum Gasteiger partial charge on any atom is 0.269 e. The number of hydrogen-bond acceptors (Lipinski definition) is 3. The van der Waals surface area contributed by atoms with Crippen LogP contribution in [-0.4, -0.2) is 22.2 Å². The lowest BCUT2D eigenvalue weighted by atomic mass is 9.99. The monoisotopic (exact) mass is 334 g/mol. The first-order valence-electron chi connectivity index (χ1n) is 8.83. The number of hydrogen-bond donors (Lipinski definition) is 2. The summed E-state index contributed by atoms with van der Waals surface area (Å²) in [4.78, 5) is 12.0. The van der Waals surface area contributed by atoms with Gasteiger partial charge in [-0.25, -0.2) is 4.68 Å². The Balaban J connectivity index is 1.64. The van der Waals surface area contributed by atoms with Crippen molar-refractivity contribution in [1.29, 1.82) is 0 Å². The summed E-state index contributed by atoms with van der Waals surface area (Å²) in [5.74, 6) is -0.454. The molecule has 5 nitrogen and oxygen atoms in total. The van der Waals surface area contributed by atoms with Crippen LogP contribution in [0.25, 0.3) is 5.69 Å². The maximum atomic E-state index is 12.0. The molecule has 0 saturated heterocycles. The van der Waals surface area contributed by atoms with E-state index >= 15 is 0 Å². The van der Waals surface area contributed by atoms with Crippen molar-refractivity contribution in [3.8, 4) is 5.69 Å². The number of nitrogens with two attached hydrogens (primary N) is 1. The number of carbonyl (C=O) groups excluding carboxylic acids is 1. The summed E-state index contributed by atoms with van der Waals surface area (Å²) < 4.78 is 1.68. The first-order chi connectivity index (χ1) is 12.2. The smallest absolute Gasteiger partial charge is 0.269 e. The second kappa shape index (κ2) is 6.59. The van der Waals surface area contributed by atoms with Crippen LogP contribution in [0.1, 0.15) is 41.0 Å².